The summed E-state index contributed by atoms with van der Waals surface area (Å²) in [5, 5.41) is 3.03. The monoisotopic (exact) mass is 339 g/mol. The standard InChI is InChI=1S/C18H21N5O2/c19-17(24)12-8-13(9-12)22-18(25)23-7-6-14-15(21-10-20-14)16(23)11-4-2-1-3-5-11/h1-5,10,12-13,16H,6-9H2,(H2,19,24)(H,20,21)(H,22,25). The Hall–Kier alpha value is -2.83. The summed E-state index contributed by atoms with van der Waals surface area (Å²) in [6, 6.07) is 9.62. The number of nitrogens with two attached hydrogens (primary N) is 1. The third-order valence-electron chi connectivity index (χ3n) is 5.17. The van der Waals surface area contributed by atoms with Crippen molar-refractivity contribution in [1.29, 1.82) is 0 Å². The first-order chi connectivity index (χ1) is 12.1. The predicted octanol–water partition coefficient (Wildman–Crippen LogP) is 1.33. The molecule has 1 aliphatic heterocycles. The molecule has 2 heterocycles. The first-order valence-corrected chi connectivity index (χ1v) is 8.57. The number of amides is 3. The highest BCUT2D eigenvalue weighted by molar-refractivity contribution is 5.79. The highest BCUT2D eigenvalue weighted by Crippen LogP contribution is 2.34. The second-order valence-corrected chi connectivity index (χ2v) is 6.74. The summed E-state index contributed by atoms with van der Waals surface area (Å²) in [6.45, 7) is 0.618. The van der Waals surface area contributed by atoms with E-state index in [9.17, 15) is 9.59 Å². The van der Waals surface area contributed by atoms with Gasteiger partial charge in [-0.2, -0.15) is 0 Å². The summed E-state index contributed by atoms with van der Waals surface area (Å²) in [5.41, 5.74) is 8.31. The average molecular weight is 339 g/mol. The van der Waals surface area contributed by atoms with Crippen molar-refractivity contribution in [3.8, 4) is 0 Å². The maximum absolute atomic E-state index is 12.9. The van der Waals surface area contributed by atoms with E-state index >= 15 is 0 Å². The number of benzene rings is 1. The van der Waals surface area contributed by atoms with Crippen molar-refractivity contribution in [3.63, 3.8) is 0 Å². The Labute approximate surface area is 145 Å². The van der Waals surface area contributed by atoms with Crippen LogP contribution in [-0.4, -0.2) is 39.4 Å². The molecule has 1 fully saturated rings. The van der Waals surface area contributed by atoms with Crippen molar-refractivity contribution < 1.29 is 9.59 Å². The number of fused-ring (bicyclic) bond motifs is 1. The summed E-state index contributed by atoms with van der Waals surface area (Å²) in [4.78, 5) is 33.5. The fraction of sp³-hybridized carbons (Fsp3) is 0.389. The Kier molecular flexibility index (Phi) is 3.91. The van der Waals surface area contributed by atoms with E-state index in [0.29, 0.717) is 19.4 Å². The molecule has 130 valence electrons. The fourth-order valence-corrected chi connectivity index (χ4v) is 3.69. The lowest BCUT2D eigenvalue weighted by atomic mass is 9.80. The lowest BCUT2D eigenvalue weighted by Crippen LogP contribution is -2.54. The van der Waals surface area contributed by atoms with Crippen molar-refractivity contribution in [1.82, 2.24) is 20.2 Å². The molecule has 7 nitrogen and oxygen atoms in total. The lowest BCUT2D eigenvalue weighted by molar-refractivity contribution is -0.124. The van der Waals surface area contributed by atoms with Gasteiger partial charge >= 0.3 is 6.03 Å². The normalized spacial score (nSPS) is 25.0. The maximum Gasteiger partial charge on any atom is 0.318 e. The zero-order valence-corrected chi connectivity index (χ0v) is 13.8. The third-order valence-corrected chi connectivity index (χ3v) is 5.17. The number of nitrogens with zero attached hydrogens (tertiary/aromatic N) is 2. The zero-order chi connectivity index (χ0) is 17.4. The number of nitrogens with one attached hydrogen (secondary N) is 2. The Bertz CT molecular complexity index is 782. The van der Waals surface area contributed by atoms with Crippen molar-refractivity contribution in [2.45, 2.75) is 31.3 Å². The highest BCUT2D eigenvalue weighted by atomic mass is 16.2. The molecule has 2 aliphatic rings. The molecule has 1 aromatic carbocycles. The van der Waals surface area contributed by atoms with Crippen LogP contribution in [0.1, 0.15) is 35.8 Å². The van der Waals surface area contributed by atoms with Crippen molar-refractivity contribution in [2.24, 2.45) is 11.7 Å². The summed E-state index contributed by atoms with van der Waals surface area (Å²) < 4.78 is 0. The van der Waals surface area contributed by atoms with Crippen LogP contribution in [0, 0.1) is 5.92 Å². The van der Waals surface area contributed by atoms with E-state index < -0.39 is 0 Å². The quantitative estimate of drug-likeness (QED) is 0.786. The molecule has 4 N–H and O–H groups in total. The van der Waals surface area contributed by atoms with Crippen molar-refractivity contribution >= 4 is 11.9 Å². The molecule has 25 heavy (non-hydrogen) atoms. The van der Waals surface area contributed by atoms with Gasteiger partial charge in [-0.25, -0.2) is 9.78 Å². The lowest BCUT2D eigenvalue weighted by Gasteiger charge is -2.39. The first-order valence-electron chi connectivity index (χ1n) is 8.57. The smallest absolute Gasteiger partial charge is 0.318 e. The zero-order valence-electron chi connectivity index (χ0n) is 13.8. The summed E-state index contributed by atoms with van der Waals surface area (Å²) >= 11 is 0. The molecule has 0 saturated heterocycles. The summed E-state index contributed by atoms with van der Waals surface area (Å²) in [5.74, 6) is -0.402. The van der Waals surface area contributed by atoms with Gasteiger partial charge in [0.1, 0.15) is 6.04 Å². The van der Waals surface area contributed by atoms with E-state index in [0.717, 1.165) is 23.4 Å². The molecule has 1 aliphatic carbocycles. The Balaban J connectivity index is 1.54. The molecule has 7 heteroatoms. The van der Waals surface area contributed by atoms with Gasteiger partial charge in [-0.05, 0) is 18.4 Å². The van der Waals surface area contributed by atoms with Crippen LogP contribution in [-0.2, 0) is 11.2 Å². The van der Waals surface area contributed by atoms with E-state index in [2.05, 4.69) is 15.3 Å². The average Bonchev–Trinajstić information content (AvgIpc) is 3.05. The molecular weight excluding hydrogens is 318 g/mol. The molecule has 1 unspecified atom stereocenters. The van der Waals surface area contributed by atoms with Gasteiger partial charge < -0.3 is 20.9 Å². The number of imidazole rings is 1. The molecule has 1 saturated carbocycles. The number of carbonyl (C=O) groups is 2. The number of hydrogen-bond acceptors (Lipinski definition) is 3. The van der Waals surface area contributed by atoms with Crippen molar-refractivity contribution in [2.75, 3.05) is 6.54 Å². The van der Waals surface area contributed by atoms with Gasteiger partial charge in [0.15, 0.2) is 0 Å². The van der Waals surface area contributed by atoms with Crippen LogP contribution in [0.15, 0.2) is 36.7 Å². The summed E-state index contributed by atoms with van der Waals surface area (Å²) in [7, 11) is 0. The van der Waals surface area contributed by atoms with Crippen LogP contribution in [0.3, 0.4) is 0 Å². The highest BCUT2D eigenvalue weighted by Gasteiger charge is 2.38. The topological polar surface area (TPSA) is 104 Å². The van der Waals surface area contributed by atoms with Gasteiger partial charge in [0.25, 0.3) is 0 Å². The number of hydrogen-bond donors (Lipinski definition) is 3. The molecule has 1 atom stereocenters. The molecule has 1 aromatic heterocycles. The van der Waals surface area contributed by atoms with Gasteiger partial charge in [0.2, 0.25) is 5.91 Å². The molecule has 2 aromatic rings. The van der Waals surface area contributed by atoms with Gasteiger partial charge in [0, 0.05) is 30.6 Å². The van der Waals surface area contributed by atoms with Gasteiger partial charge in [-0.1, -0.05) is 30.3 Å². The van der Waals surface area contributed by atoms with Crippen LogP contribution in [0.2, 0.25) is 0 Å². The Morgan fingerprint density at radius 2 is 2.00 bits per heavy atom. The minimum atomic E-state index is -0.285. The van der Waals surface area contributed by atoms with Crippen LogP contribution in [0.5, 0.6) is 0 Å². The third kappa shape index (κ3) is 2.86. The number of carbonyl (C=O) groups excluding carboxylic acids is 2. The number of aromatic amines is 1. The molecule has 0 spiro atoms. The number of H-pyrrole nitrogens is 1. The van der Waals surface area contributed by atoms with Gasteiger partial charge in [-0.3, -0.25) is 4.79 Å². The van der Waals surface area contributed by atoms with Gasteiger partial charge in [0.05, 0.1) is 12.0 Å². The molecular formula is C18H21N5O2. The molecule has 0 bridgehead atoms. The van der Waals surface area contributed by atoms with Crippen molar-refractivity contribution in [3.05, 3.63) is 53.6 Å². The number of rotatable bonds is 3. The summed E-state index contributed by atoms with van der Waals surface area (Å²) in [6.07, 6.45) is 3.68. The van der Waals surface area contributed by atoms with Crippen LogP contribution in [0.25, 0.3) is 0 Å². The van der Waals surface area contributed by atoms with E-state index in [1.54, 1.807) is 6.33 Å². The minimum Gasteiger partial charge on any atom is -0.369 e. The Morgan fingerprint density at radius 3 is 2.72 bits per heavy atom. The number of urea groups is 1. The van der Waals surface area contributed by atoms with Crippen LogP contribution in [0.4, 0.5) is 4.79 Å². The van der Waals surface area contributed by atoms with Crippen LogP contribution >= 0.6 is 0 Å². The molecule has 0 radical (unpaired) electrons. The fourth-order valence-electron chi connectivity index (χ4n) is 3.69. The Morgan fingerprint density at radius 1 is 1.24 bits per heavy atom. The van der Waals surface area contributed by atoms with E-state index in [1.807, 2.05) is 35.2 Å². The minimum absolute atomic E-state index is 0.0157. The van der Waals surface area contributed by atoms with Crippen LogP contribution < -0.4 is 11.1 Å². The second kappa shape index (κ2) is 6.23. The molecule has 4 rings (SSSR count). The predicted molar refractivity (Wildman–Crippen MR) is 91.5 cm³/mol. The number of aromatic nitrogens is 2. The first kappa shape index (κ1) is 15.7. The number of primary amides is 1. The molecule has 3 amide bonds. The van der Waals surface area contributed by atoms with E-state index in [4.69, 9.17) is 5.73 Å². The van der Waals surface area contributed by atoms with Gasteiger partial charge in [-0.15, -0.1) is 0 Å². The van der Waals surface area contributed by atoms with E-state index in [1.165, 1.54) is 0 Å². The largest absolute Gasteiger partial charge is 0.369 e. The van der Waals surface area contributed by atoms with E-state index in [-0.39, 0.29) is 29.9 Å². The SMILES string of the molecule is NC(=O)C1CC(NC(=O)N2CCc3[nH]cnc3C2c2ccccc2)C1. The second-order valence-electron chi connectivity index (χ2n) is 6.74. The maximum atomic E-state index is 12.9.